The van der Waals surface area contributed by atoms with Crippen molar-refractivity contribution in [1.29, 1.82) is 0 Å². The van der Waals surface area contributed by atoms with E-state index in [4.69, 9.17) is 14.7 Å². The van der Waals surface area contributed by atoms with Crippen LogP contribution >= 0.6 is 0 Å². The smallest absolute Gasteiger partial charge is 0.238 e. The van der Waals surface area contributed by atoms with Crippen LogP contribution in [0.3, 0.4) is 0 Å². The second kappa shape index (κ2) is 13.2. The molecule has 1 unspecified atom stereocenters. The number of rotatable bonds is 9. The number of imidazole rings is 1. The first-order valence-corrected chi connectivity index (χ1v) is 20.0. The number of aromatic nitrogens is 3. The summed E-state index contributed by atoms with van der Waals surface area (Å²) in [5.74, 6) is 1.06. The van der Waals surface area contributed by atoms with Crippen molar-refractivity contribution in [2.45, 2.75) is 101 Å². The van der Waals surface area contributed by atoms with Gasteiger partial charge in [-0.2, -0.15) is 0 Å². The first-order chi connectivity index (χ1) is 25.9. The summed E-state index contributed by atoms with van der Waals surface area (Å²) in [5, 5.41) is 17.2. The molecule has 2 saturated carbocycles. The molecule has 2 aromatic heterocycles. The van der Waals surface area contributed by atoms with Crippen LogP contribution < -0.4 is 15.5 Å². The Balaban J connectivity index is 1.02. The molecule has 11 nitrogen and oxygen atoms in total. The monoisotopic (exact) mass is 716 g/mol. The summed E-state index contributed by atoms with van der Waals surface area (Å²) in [6.07, 6.45) is 11.2. The summed E-state index contributed by atoms with van der Waals surface area (Å²) < 4.78 is 7.79. The van der Waals surface area contributed by atoms with E-state index in [0.29, 0.717) is 24.0 Å². The molecular weight excluding hydrogens is 665 g/mol. The molecule has 1 spiro atoms. The van der Waals surface area contributed by atoms with Crippen LogP contribution in [0.2, 0.25) is 0 Å². The highest BCUT2D eigenvalue weighted by Crippen LogP contribution is 2.52. The van der Waals surface area contributed by atoms with E-state index >= 15 is 0 Å². The van der Waals surface area contributed by atoms with Gasteiger partial charge in [-0.15, -0.1) is 0 Å². The van der Waals surface area contributed by atoms with Gasteiger partial charge in [-0.3, -0.25) is 15.0 Å². The lowest BCUT2D eigenvalue weighted by molar-refractivity contribution is -0.128. The first kappa shape index (κ1) is 33.7. The zero-order valence-electron chi connectivity index (χ0n) is 31.1. The van der Waals surface area contributed by atoms with E-state index in [0.717, 1.165) is 115 Å². The number of benzene rings is 2. The molecule has 0 bridgehead atoms. The SMILES string of the molecule is CNC(O)c1cc(Nc2nc(-c3ccc4c(c3)N([C@H]3C[C@@H](N5CCCCC5)C3)C(=O)C43CCN(C4COC4)CC3)cc3ncn(C4CC4)c23)ccc1C. The van der Waals surface area contributed by atoms with Crippen LogP contribution in [-0.4, -0.2) is 99.9 Å². The normalized spacial score (nSPS) is 25.4. The Morgan fingerprint density at radius 1 is 0.906 bits per heavy atom. The van der Waals surface area contributed by atoms with Crippen molar-refractivity contribution >= 4 is 34.1 Å². The maximum Gasteiger partial charge on any atom is 0.238 e. The topological polar surface area (TPSA) is 111 Å². The number of piperidine rings is 2. The number of pyridine rings is 1. The Morgan fingerprint density at radius 2 is 1.68 bits per heavy atom. The van der Waals surface area contributed by atoms with Crippen LogP contribution in [0.15, 0.2) is 48.8 Å². The van der Waals surface area contributed by atoms with Crippen LogP contribution in [0, 0.1) is 6.92 Å². The molecular formula is C42H52N8O3. The van der Waals surface area contributed by atoms with Gasteiger partial charge in [0.25, 0.3) is 0 Å². The summed E-state index contributed by atoms with van der Waals surface area (Å²) in [4.78, 5) is 32.6. The van der Waals surface area contributed by atoms with E-state index < -0.39 is 11.6 Å². The summed E-state index contributed by atoms with van der Waals surface area (Å²) in [5.41, 5.74) is 8.22. The van der Waals surface area contributed by atoms with Crippen LogP contribution in [0.1, 0.15) is 86.7 Å². The number of ether oxygens (including phenoxy) is 1. The summed E-state index contributed by atoms with van der Waals surface area (Å²) in [6, 6.07) is 16.6. The van der Waals surface area contributed by atoms with Gasteiger partial charge in [-0.25, -0.2) is 9.97 Å². The van der Waals surface area contributed by atoms with Crippen molar-refractivity contribution in [3.05, 3.63) is 65.5 Å². The van der Waals surface area contributed by atoms with E-state index in [1.165, 1.54) is 37.9 Å². The second-order valence-corrected chi connectivity index (χ2v) is 16.6. The van der Waals surface area contributed by atoms with Crippen molar-refractivity contribution in [2.75, 3.05) is 56.7 Å². The minimum absolute atomic E-state index is 0.228. The molecule has 4 aliphatic heterocycles. The van der Waals surface area contributed by atoms with Gasteiger partial charge in [0.05, 0.1) is 42.2 Å². The summed E-state index contributed by atoms with van der Waals surface area (Å²) in [6.45, 7) is 7.87. The Labute approximate surface area is 311 Å². The fourth-order valence-electron chi connectivity index (χ4n) is 9.88. The van der Waals surface area contributed by atoms with Crippen molar-refractivity contribution in [3.63, 3.8) is 0 Å². The lowest BCUT2D eigenvalue weighted by Gasteiger charge is -2.48. The van der Waals surface area contributed by atoms with Gasteiger partial charge in [-0.05, 0) is 127 Å². The van der Waals surface area contributed by atoms with Crippen molar-refractivity contribution in [3.8, 4) is 11.3 Å². The van der Waals surface area contributed by atoms with E-state index in [-0.39, 0.29) is 6.04 Å². The van der Waals surface area contributed by atoms with E-state index in [2.05, 4.69) is 54.2 Å². The van der Waals surface area contributed by atoms with E-state index in [1.54, 1.807) is 7.05 Å². The van der Waals surface area contributed by atoms with Gasteiger partial charge in [-0.1, -0.05) is 24.6 Å². The standard InChI is InChI=1S/C42H52N8O3/c1-26-6-8-28(19-33(26)40(51)43-2)45-39-38-36(44-25-49(38)29-9-10-29)22-35(46-39)27-7-11-34-37(18-27)50(31-20-30(21-31)47-14-4-3-5-15-47)41(52)42(34)12-16-48(17-13-42)32-23-53-24-32/h6-8,11,18-19,22,25,29-32,40,43,51H,3-5,9-10,12-17,20-21,23-24H2,1-2H3,(H,45,46)/t30-,31+,40?. The average Bonchev–Trinajstić information content (AvgIpc) is 3.86. The number of anilines is 3. The predicted molar refractivity (Wildman–Crippen MR) is 207 cm³/mol. The van der Waals surface area contributed by atoms with Crippen molar-refractivity contribution in [2.24, 2.45) is 0 Å². The molecule has 3 saturated heterocycles. The lowest BCUT2D eigenvalue weighted by atomic mass is 9.73. The van der Waals surface area contributed by atoms with Gasteiger partial charge in [0.2, 0.25) is 5.91 Å². The molecule has 6 aliphatic rings. The minimum atomic E-state index is -0.765. The Bertz CT molecular complexity index is 2040. The van der Waals surface area contributed by atoms with E-state index in [9.17, 15) is 9.90 Å². The number of hydrogen-bond donors (Lipinski definition) is 3. The largest absolute Gasteiger partial charge is 0.378 e. The molecule has 53 heavy (non-hydrogen) atoms. The lowest BCUT2D eigenvalue weighted by Crippen LogP contribution is -2.59. The highest BCUT2D eigenvalue weighted by atomic mass is 16.5. The molecule has 1 atom stereocenters. The minimum Gasteiger partial charge on any atom is -0.378 e. The number of nitrogens with zero attached hydrogens (tertiary/aromatic N) is 6. The van der Waals surface area contributed by atoms with E-state index in [1.807, 2.05) is 31.5 Å². The molecule has 4 aromatic rings. The maximum atomic E-state index is 14.9. The highest BCUT2D eigenvalue weighted by Gasteiger charge is 2.56. The van der Waals surface area contributed by atoms with Crippen LogP contribution in [0.4, 0.5) is 17.2 Å². The number of carbonyl (C=O) groups is 1. The molecule has 278 valence electrons. The summed E-state index contributed by atoms with van der Waals surface area (Å²) >= 11 is 0. The molecule has 3 N–H and O–H groups in total. The number of likely N-dealkylation sites (tertiary alicyclic amines) is 2. The zero-order valence-corrected chi connectivity index (χ0v) is 31.1. The van der Waals surface area contributed by atoms with Crippen LogP contribution in [-0.2, 0) is 14.9 Å². The Morgan fingerprint density at radius 3 is 2.40 bits per heavy atom. The fraction of sp³-hybridized carbons (Fsp3) is 0.548. The molecule has 11 heteroatoms. The number of carbonyl (C=O) groups excluding carboxylic acids is 1. The van der Waals surface area contributed by atoms with Gasteiger partial charge >= 0.3 is 0 Å². The molecule has 1 amide bonds. The zero-order chi connectivity index (χ0) is 35.8. The number of amides is 1. The number of nitrogens with one attached hydrogen (secondary N) is 2. The first-order valence-electron chi connectivity index (χ1n) is 20.0. The molecule has 2 aliphatic carbocycles. The molecule has 2 aromatic carbocycles. The third kappa shape index (κ3) is 5.69. The van der Waals surface area contributed by atoms with Crippen LogP contribution in [0.5, 0.6) is 0 Å². The van der Waals surface area contributed by atoms with Gasteiger partial charge in [0.15, 0.2) is 5.82 Å². The third-order valence-corrected chi connectivity index (χ3v) is 13.4. The second-order valence-electron chi connectivity index (χ2n) is 16.6. The average molecular weight is 717 g/mol. The number of hydrogen-bond acceptors (Lipinski definition) is 9. The summed E-state index contributed by atoms with van der Waals surface area (Å²) in [7, 11) is 1.76. The van der Waals surface area contributed by atoms with Gasteiger partial charge in [0, 0.05) is 40.6 Å². The van der Waals surface area contributed by atoms with Gasteiger partial charge < -0.3 is 29.5 Å². The Hall–Kier alpha value is -3.87. The highest BCUT2D eigenvalue weighted by molar-refractivity contribution is 6.09. The van der Waals surface area contributed by atoms with Crippen molar-refractivity contribution < 1.29 is 14.6 Å². The molecule has 10 rings (SSSR count). The molecule has 6 heterocycles. The number of aliphatic hydroxyl groups excluding tert-OH is 1. The van der Waals surface area contributed by atoms with Gasteiger partial charge in [0.1, 0.15) is 11.7 Å². The predicted octanol–water partition coefficient (Wildman–Crippen LogP) is 5.79. The Kier molecular flexibility index (Phi) is 8.36. The third-order valence-electron chi connectivity index (χ3n) is 13.4. The number of aryl methyl sites for hydroxylation is 1. The molecule has 5 fully saturated rings. The van der Waals surface area contributed by atoms with Crippen LogP contribution in [0.25, 0.3) is 22.3 Å². The maximum absolute atomic E-state index is 14.9. The molecule has 0 radical (unpaired) electrons. The quantitative estimate of drug-likeness (QED) is 0.186. The number of fused-ring (bicyclic) bond motifs is 3. The fourth-order valence-corrected chi connectivity index (χ4v) is 9.88. The number of aliphatic hydroxyl groups is 1. The van der Waals surface area contributed by atoms with Crippen molar-refractivity contribution in [1.82, 2.24) is 29.7 Å².